The molecule has 2 N–H and O–H groups in total. The molecule has 0 atom stereocenters. The number of amides is 1. The fourth-order valence-electron chi connectivity index (χ4n) is 3.73. The van der Waals surface area contributed by atoms with Gasteiger partial charge in [0.05, 0.1) is 22.8 Å². The summed E-state index contributed by atoms with van der Waals surface area (Å²) in [5.41, 5.74) is 4.17. The number of aryl methyl sites for hydroxylation is 2. The van der Waals surface area contributed by atoms with Crippen molar-refractivity contribution in [1.29, 1.82) is 0 Å². The first kappa shape index (κ1) is 19.4. The lowest BCUT2D eigenvalue weighted by molar-refractivity contribution is 0.0958. The standard InChI is InChI=1S/C22H27N5O2/c1-13(2)27-21-19(12-25-27)18(22(28)24-11-16-5-7-23-8-6-16)10-20(26-21)17-9-14(3)29-15(17)4/h5,9-10,12-13,23H,6-8,11H2,1-4H3,(H,24,28). The number of carbonyl (C=O) groups excluding carboxylic acids is 1. The van der Waals surface area contributed by atoms with Crippen LogP contribution in [0.1, 0.15) is 48.2 Å². The van der Waals surface area contributed by atoms with Crippen molar-refractivity contribution in [2.75, 3.05) is 19.6 Å². The number of nitrogens with one attached hydrogen (secondary N) is 2. The Bertz CT molecular complexity index is 1090. The second kappa shape index (κ2) is 7.83. The largest absolute Gasteiger partial charge is 0.466 e. The van der Waals surface area contributed by atoms with E-state index in [4.69, 9.17) is 9.40 Å². The van der Waals surface area contributed by atoms with Crippen LogP contribution in [0.2, 0.25) is 0 Å². The normalized spacial score (nSPS) is 14.4. The van der Waals surface area contributed by atoms with E-state index in [0.717, 1.165) is 47.7 Å². The van der Waals surface area contributed by atoms with Crippen LogP contribution in [-0.4, -0.2) is 40.3 Å². The maximum atomic E-state index is 13.1. The lowest BCUT2D eigenvalue weighted by Crippen LogP contribution is -2.29. The third-order valence-electron chi connectivity index (χ3n) is 5.25. The Balaban J connectivity index is 1.76. The monoisotopic (exact) mass is 393 g/mol. The van der Waals surface area contributed by atoms with Crippen LogP contribution in [-0.2, 0) is 0 Å². The summed E-state index contributed by atoms with van der Waals surface area (Å²) in [6, 6.07) is 3.94. The summed E-state index contributed by atoms with van der Waals surface area (Å²) in [4.78, 5) is 17.9. The van der Waals surface area contributed by atoms with Crippen molar-refractivity contribution < 1.29 is 9.21 Å². The van der Waals surface area contributed by atoms with E-state index >= 15 is 0 Å². The second-order valence-electron chi connectivity index (χ2n) is 7.80. The Labute approximate surface area is 170 Å². The van der Waals surface area contributed by atoms with Crippen LogP contribution in [0.3, 0.4) is 0 Å². The molecular formula is C22H27N5O2. The van der Waals surface area contributed by atoms with E-state index in [1.807, 2.05) is 30.7 Å². The highest BCUT2D eigenvalue weighted by Gasteiger charge is 2.20. The van der Waals surface area contributed by atoms with Gasteiger partial charge in [-0.3, -0.25) is 4.79 Å². The van der Waals surface area contributed by atoms with Crippen molar-refractivity contribution in [2.45, 2.75) is 40.2 Å². The summed E-state index contributed by atoms with van der Waals surface area (Å²) < 4.78 is 7.55. The lowest BCUT2D eigenvalue weighted by Gasteiger charge is -2.15. The highest BCUT2D eigenvalue weighted by molar-refractivity contribution is 6.06. The molecule has 7 nitrogen and oxygen atoms in total. The number of aromatic nitrogens is 3. The van der Waals surface area contributed by atoms with Crippen molar-refractivity contribution >= 4 is 16.9 Å². The van der Waals surface area contributed by atoms with Crippen LogP contribution in [0.15, 0.2) is 34.4 Å². The van der Waals surface area contributed by atoms with Gasteiger partial charge in [-0.15, -0.1) is 0 Å². The number of hydrogen-bond donors (Lipinski definition) is 2. The number of furan rings is 1. The van der Waals surface area contributed by atoms with Crippen LogP contribution >= 0.6 is 0 Å². The number of fused-ring (bicyclic) bond motifs is 1. The molecule has 0 saturated carbocycles. The zero-order valence-corrected chi connectivity index (χ0v) is 17.4. The summed E-state index contributed by atoms with van der Waals surface area (Å²) in [6.07, 6.45) is 4.83. The SMILES string of the molecule is Cc1cc(-c2cc(C(=O)NCC3=CCNCC3)c3cnn(C(C)C)c3n2)c(C)o1. The van der Waals surface area contributed by atoms with Crippen molar-refractivity contribution in [2.24, 2.45) is 0 Å². The third kappa shape index (κ3) is 3.82. The van der Waals surface area contributed by atoms with Crippen LogP contribution in [0.5, 0.6) is 0 Å². The molecule has 0 aliphatic carbocycles. The van der Waals surface area contributed by atoms with Crippen LogP contribution in [0.25, 0.3) is 22.3 Å². The molecule has 0 aromatic carbocycles. The van der Waals surface area contributed by atoms with E-state index in [-0.39, 0.29) is 11.9 Å². The van der Waals surface area contributed by atoms with Gasteiger partial charge in [0, 0.05) is 24.7 Å². The van der Waals surface area contributed by atoms with Gasteiger partial charge in [0.1, 0.15) is 11.5 Å². The Morgan fingerprint density at radius 2 is 2.17 bits per heavy atom. The number of hydrogen-bond acceptors (Lipinski definition) is 5. The summed E-state index contributed by atoms with van der Waals surface area (Å²) in [7, 11) is 0. The quantitative estimate of drug-likeness (QED) is 0.648. The first-order valence-corrected chi connectivity index (χ1v) is 10.1. The van der Waals surface area contributed by atoms with Gasteiger partial charge in [0.15, 0.2) is 5.65 Å². The molecule has 152 valence electrons. The molecular weight excluding hydrogens is 366 g/mol. The lowest BCUT2D eigenvalue weighted by atomic mass is 10.1. The van der Waals surface area contributed by atoms with Crippen molar-refractivity contribution in [1.82, 2.24) is 25.4 Å². The zero-order chi connectivity index (χ0) is 20.5. The fourth-order valence-corrected chi connectivity index (χ4v) is 3.73. The fraction of sp³-hybridized carbons (Fsp3) is 0.409. The van der Waals surface area contributed by atoms with Gasteiger partial charge in [-0.1, -0.05) is 11.6 Å². The molecule has 3 aromatic heterocycles. The van der Waals surface area contributed by atoms with Crippen LogP contribution < -0.4 is 10.6 Å². The minimum atomic E-state index is -0.112. The maximum absolute atomic E-state index is 13.1. The van der Waals surface area contributed by atoms with Crippen molar-refractivity contribution in [3.8, 4) is 11.3 Å². The van der Waals surface area contributed by atoms with Gasteiger partial charge < -0.3 is 15.1 Å². The molecule has 0 saturated heterocycles. The van der Waals surface area contributed by atoms with Gasteiger partial charge in [-0.25, -0.2) is 9.67 Å². The molecule has 4 rings (SSSR count). The van der Waals surface area contributed by atoms with Crippen LogP contribution in [0, 0.1) is 13.8 Å². The summed E-state index contributed by atoms with van der Waals surface area (Å²) in [5.74, 6) is 1.50. The van der Waals surface area contributed by atoms with Crippen molar-refractivity contribution in [3.05, 3.63) is 47.1 Å². The van der Waals surface area contributed by atoms with Gasteiger partial charge >= 0.3 is 0 Å². The molecule has 0 radical (unpaired) electrons. The number of rotatable bonds is 5. The van der Waals surface area contributed by atoms with E-state index in [0.29, 0.717) is 17.8 Å². The predicted molar refractivity (Wildman–Crippen MR) is 113 cm³/mol. The molecule has 0 spiro atoms. The van der Waals surface area contributed by atoms with E-state index in [1.165, 1.54) is 5.57 Å². The summed E-state index contributed by atoms with van der Waals surface area (Å²) in [5, 5.41) is 11.6. The van der Waals surface area contributed by atoms with E-state index in [9.17, 15) is 4.79 Å². The summed E-state index contributed by atoms with van der Waals surface area (Å²) >= 11 is 0. The average molecular weight is 393 g/mol. The van der Waals surface area contributed by atoms with E-state index in [1.54, 1.807) is 6.20 Å². The molecule has 3 aromatic rings. The predicted octanol–water partition coefficient (Wildman–Crippen LogP) is 3.54. The molecule has 1 aliphatic heterocycles. The Morgan fingerprint density at radius 1 is 1.34 bits per heavy atom. The van der Waals surface area contributed by atoms with E-state index in [2.05, 4.69) is 35.7 Å². The minimum absolute atomic E-state index is 0.112. The topological polar surface area (TPSA) is 85.0 Å². The van der Waals surface area contributed by atoms with Gasteiger partial charge in [-0.2, -0.15) is 5.10 Å². The maximum Gasteiger partial charge on any atom is 0.252 e. The molecule has 0 fully saturated rings. The van der Waals surface area contributed by atoms with E-state index < -0.39 is 0 Å². The number of nitrogens with zero attached hydrogens (tertiary/aromatic N) is 3. The molecule has 7 heteroatoms. The van der Waals surface area contributed by atoms with Crippen LogP contribution in [0.4, 0.5) is 0 Å². The molecule has 1 amide bonds. The number of carbonyl (C=O) groups is 1. The van der Waals surface area contributed by atoms with Gasteiger partial charge in [0.25, 0.3) is 5.91 Å². The molecule has 0 unspecified atom stereocenters. The molecule has 29 heavy (non-hydrogen) atoms. The van der Waals surface area contributed by atoms with Gasteiger partial charge in [0.2, 0.25) is 0 Å². The first-order valence-electron chi connectivity index (χ1n) is 10.1. The number of pyridine rings is 1. The van der Waals surface area contributed by atoms with Gasteiger partial charge in [-0.05, 0) is 52.8 Å². The molecule has 0 bridgehead atoms. The second-order valence-corrected chi connectivity index (χ2v) is 7.80. The first-order chi connectivity index (χ1) is 13.9. The Kier molecular flexibility index (Phi) is 5.24. The minimum Gasteiger partial charge on any atom is -0.466 e. The Hall–Kier alpha value is -2.93. The Morgan fingerprint density at radius 3 is 2.83 bits per heavy atom. The summed E-state index contributed by atoms with van der Waals surface area (Å²) in [6.45, 7) is 10.3. The highest BCUT2D eigenvalue weighted by Crippen LogP contribution is 2.30. The molecule has 4 heterocycles. The zero-order valence-electron chi connectivity index (χ0n) is 17.4. The average Bonchev–Trinajstić information content (AvgIpc) is 3.28. The van der Waals surface area contributed by atoms with Crippen molar-refractivity contribution in [3.63, 3.8) is 0 Å². The smallest absolute Gasteiger partial charge is 0.252 e. The molecule has 1 aliphatic rings. The third-order valence-corrected chi connectivity index (χ3v) is 5.25. The highest BCUT2D eigenvalue weighted by atomic mass is 16.3.